The lowest BCUT2D eigenvalue weighted by molar-refractivity contribution is -0.384. The van der Waals surface area contributed by atoms with E-state index < -0.39 is 26.9 Å². The number of nitrogens with one attached hydrogen (secondary N) is 1. The van der Waals surface area contributed by atoms with Gasteiger partial charge in [-0.3, -0.25) is 19.2 Å². The van der Waals surface area contributed by atoms with Crippen molar-refractivity contribution in [2.45, 2.75) is 25.9 Å². The van der Waals surface area contributed by atoms with Crippen molar-refractivity contribution >= 4 is 38.1 Å². The molecule has 0 bridgehead atoms. The Morgan fingerprint density at radius 3 is 2.42 bits per heavy atom. The minimum absolute atomic E-state index is 0.0735. The third-order valence-electron chi connectivity index (χ3n) is 4.91. The Kier molecular flexibility index (Phi) is 6.55. The number of anilines is 1. The van der Waals surface area contributed by atoms with Crippen molar-refractivity contribution in [3.8, 4) is 0 Å². The van der Waals surface area contributed by atoms with Gasteiger partial charge in [0, 0.05) is 18.7 Å². The molecule has 0 aliphatic carbocycles. The van der Waals surface area contributed by atoms with Gasteiger partial charge in [-0.25, -0.2) is 8.42 Å². The van der Waals surface area contributed by atoms with Crippen molar-refractivity contribution in [2.24, 2.45) is 0 Å². The number of hydrogen-bond acceptors (Lipinski definition) is 5. The van der Waals surface area contributed by atoms with Crippen LogP contribution >= 0.6 is 0 Å². The van der Waals surface area contributed by atoms with Crippen molar-refractivity contribution in [3.63, 3.8) is 0 Å². The average molecular weight is 442 g/mol. The standard InChI is InChI=1S/C22H23N3O5S/c1-3-21(24(31(2,29)30)19-9-6-10-20(14-19)25(27)28)22(26)23-15-16-11-12-17-7-4-5-8-18(17)13-16/h4-14,21H,3,15H2,1-2H3,(H,23,26)/t21-/m1/s1. The molecule has 1 amide bonds. The third kappa shape index (κ3) is 5.18. The quantitative estimate of drug-likeness (QED) is 0.424. The van der Waals surface area contributed by atoms with Crippen molar-refractivity contribution in [3.05, 3.63) is 82.4 Å². The normalized spacial score (nSPS) is 12.3. The molecule has 0 unspecified atom stereocenters. The molecule has 0 aromatic heterocycles. The minimum atomic E-state index is -3.88. The largest absolute Gasteiger partial charge is 0.350 e. The second-order valence-electron chi connectivity index (χ2n) is 7.16. The van der Waals surface area contributed by atoms with Gasteiger partial charge in [0.05, 0.1) is 16.9 Å². The second-order valence-corrected chi connectivity index (χ2v) is 9.02. The fourth-order valence-corrected chi connectivity index (χ4v) is 4.66. The van der Waals surface area contributed by atoms with Crippen molar-refractivity contribution in [2.75, 3.05) is 10.6 Å². The maximum atomic E-state index is 12.9. The van der Waals surface area contributed by atoms with E-state index in [-0.39, 0.29) is 24.3 Å². The number of hydrogen-bond donors (Lipinski definition) is 1. The van der Waals surface area contributed by atoms with E-state index in [1.54, 1.807) is 6.92 Å². The number of rotatable bonds is 8. The molecule has 0 aliphatic heterocycles. The van der Waals surface area contributed by atoms with Crippen LogP contribution in [0.3, 0.4) is 0 Å². The molecule has 31 heavy (non-hydrogen) atoms. The monoisotopic (exact) mass is 441 g/mol. The number of non-ortho nitro benzene ring substituents is 1. The molecule has 0 aliphatic rings. The Bertz CT molecular complexity index is 1230. The summed E-state index contributed by atoms with van der Waals surface area (Å²) in [6.07, 6.45) is 1.17. The van der Waals surface area contributed by atoms with Crippen LogP contribution in [-0.2, 0) is 21.4 Å². The molecule has 0 heterocycles. The highest BCUT2D eigenvalue weighted by Gasteiger charge is 2.32. The summed E-state index contributed by atoms with van der Waals surface area (Å²) in [4.78, 5) is 23.4. The number of fused-ring (bicyclic) bond motifs is 1. The Hall–Kier alpha value is -3.46. The predicted molar refractivity (Wildman–Crippen MR) is 120 cm³/mol. The maximum absolute atomic E-state index is 12.9. The summed E-state index contributed by atoms with van der Waals surface area (Å²) in [6, 6.07) is 17.9. The molecule has 0 saturated carbocycles. The molecule has 1 atom stereocenters. The fraction of sp³-hybridized carbons (Fsp3) is 0.227. The molecule has 3 rings (SSSR count). The summed E-state index contributed by atoms with van der Waals surface area (Å²) >= 11 is 0. The van der Waals surface area contributed by atoms with Crippen LogP contribution in [-0.4, -0.2) is 31.5 Å². The van der Waals surface area contributed by atoms with Crippen LogP contribution in [0.5, 0.6) is 0 Å². The number of nitro groups is 1. The Morgan fingerprint density at radius 1 is 1.06 bits per heavy atom. The Balaban J connectivity index is 1.85. The summed E-state index contributed by atoms with van der Waals surface area (Å²) in [6.45, 7) is 1.92. The summed E-state index contributed by atoms with van der Waals surface area (Å²) in [7, 11) is -3.88. The zero-order chi connectivity index (χ0) is 22.6. The number of carbonyl (C=O) groups is 1. The van der Waals surface area contributed by atoms with E-state index in [9.17, 15) is 23.3 Å². The highest BCUT2D eigenvalue weighted by Crippen LogP contribution is 2.26. The number of sulfonamides is 1. The molecule has 1 N–H and O–H groups in total. The molecule has 9 heteroatoms. The molecular weight excluding hydrogens is 418 g/mol. The number of carbonyl (C=O) groups excluding carboxylic acids is 1. The summed E-state index contributed by atoms with van der Waals surface area (Å²) in [5, 5.41) is 16.0. The molecule has 0 saturated heterocycles. The van der Waals surface area contributed by atoms with E-state index in [0.717, 1.165) is 33.0 Å². The first-order valence-electron chi connectivity index (χ1n) is 9.70. The van der Waals surface area contributed by atoms with Gasteiger partial charge in [-0.15, -0.1) is 0 Å². The van der Waals surface area contributed by atoms with Crippen molar-refractivity contribution < 1.29 is 18.1 Å². The first-order valence-corrected chi connectivity index (χ1v) is 11.5. The molecule has 0 fully saturated rings. The lowest BCUT2D eigenvalue weighted by atomic mass is 10.1. The van der Waals surface area contributed by atoms with Gasteiger partial charge in [0.25, 0.3) is 5.69 Å². The van der Waals surface area contributed by atoms with Gasteiger partial charge in [0.1, 0.15) is 6.04 Å². The first-order chi connectivity index (χ1) is 14.7. The highest BCUT2D eigenvalue weighted by atomic mass is 32.2. The van der Waals surface area contributed by atoms with Crippen LogP contribution < -0.4 is 9.62 Å². The van der Waals surface area contributed by atoms with E-state index in [2.05, 4.69) is 5.32 Å². The summed E-state index contributed by atoms with van der Waals surface area (Å²) in [5.41, 5.74) is 0.699. The van der Waals surface area contributed by atoms with Crippen LogP contribution in [0.2, 0.25) is 0 Å². The summed E-state index contributed by atoms with van der Waals surface area (Å²) in [5.74, 6) is -0.479. The minimum Gasteiger partial charge on any atom is -0.350 e. The topological polar surface area (TPSA) is 110 Å². The maximum Gasteiger partial charge on any atom is 0.271 e. The average Bonchev–Trinajstić information content (AvgIpc) is 2.74. The zero-order valence-electron chi connectivity index (χ0n) is 17.2. The van der Waals surface area contributed by atoms with Crippen molar-refractivity contribution in [1.82, 2.24) is 5.32 Å². The second kappa shape index (κ2) is 9.13. The van der Waals surface area contributed by atoms with Crippen LogP contribution in [0.4, 0.5) is 11.4 Å². The molecule has 8 nitrogen and oxygen atoms in total. The van der Waals surface area contributed by atoms with Gasteiger partial charge in [-0.1, -0.05) is 49.4 Å². The fourth-order valence-electron chi connectivity index (χ4n) is 3.46. The van der Waals surface area contributed by atoms with Gasteiger partial charge in [0.15, 0.2) is 0 Å². The SMILES string of the molecule is CC[C@H](C(=O)NCc1ccc2ccccc2c1)N(c1cccc([N+](=O)[O-])c1)S(C)(=O)=O. The van der Waals surface area contributed by atoms with Gasteiger partial charge < -0.3 is 5.32 Å². The third-order valence-corrected chi connectivity index (χ3v) is 6.09. The highest BCUT2D eigenvalue weighted by molar-refractivity contribution is 7.92. The molecule has 0 radical (unpaired) electrons. The predicted octanol–water partition coefficient (Wildman–Crippen LogP) is 3.61. The molecule has 3 aromatic carbocycles. The van der Waals surface area contributed by atoms with Crippen LogP contribution in [0.15, 0.2) is 66.7 Å². The van der Waals surface area contributed by atoms with E-state index in [1.807, 2.05) is 42.5 Å². The van der Waals surface area contributed by atoms with Gasteiger partial charge in [-0.2, -0.15) is 0 Å². The number of nitro benzene ring substituents is 1. The molecule has 3 aromatic rings. The van der Waals surface area contributed by atoms with E-state index in [4.69, 9.17) is 0 Å². The van der Waals surface area contributed by atoms with Crippen LogP contribution in [0.1, 0.15) is 18.9 Å². The molecule has 0 spiro atoms. The first kappa shape index (κ1) is 22.2. The Labute approximate surface area is 180 Å². The number of benzene rings is 3. The molecule has 162 valence electrons. The van der Waals surface area contributed by atoms with E-state index >= 15 is 0 Å². The van der Waals surface area contributed by atoms with Gasteiger partial charge in [0.2, 0.25) is 15.9 Å². The van der Waals surface area contributed by atoms with E-state index in [0.29, 0.717) is 0 Å². The Morgan fingerprint density at radius 2 is 1.77 bits per heavy atom. The smallest absolute Gasteiger partial charge is 0.271 e. The van der Waals surface area contributed by atoms with Gasteiger partial charge >= 0.3 is 0 Å². The van der Waals surface area contributed by atoms with Crippen molar-refractivity contribution in [1.29, 1.82) is 0 Å². The van der Waals surface area contributed by atoms with Crippen LogP contribution in [0, 0.1) is 10.1 Å². The zero-order valence-corrected chi connectivity index (χ0v) is 18.0. The number of amides is 1. The lowest BCUT2D eigenvalue weighted by Gasteiger charge is -2.30. The lowest BCUT2D eigenvalue weighted by Crippen LogP contribution is -2.49. The number of nitrogens with zero attached hydrogens (tertiary/aromatic N) is 2. The molecular formula is C22H23N3O5S. The van der Waals surface area contributed by atoms with Crippen LogP contribution in [0.25, 0.3) is 10.8 Å². The van der Waals surface area contributed by atoms with E-state index in [1.165, 1.54) is 18.2 Å². The summed E-state index contributed by atoms with van der Waals surface area (Å²) < 4.78 is 26.0. The van der Waals surface area contributed by atoms with Gasteiger partial charge in [-0.05, 0) is 34.9 Å².